The summed E-state index contributed by atoms with van der Waals surface area (Å²) in [5.41, 5.74) is 2.33. The topological polar surface area (TPSA) is 62.6 Å². The van der Waals surface area contributed by atoms with Crippen molar-refractivity contribution in [2.75, 3.05) is 11.1 Å². The Morgan fingerprint density at radius 1 is 1.14 bits per heavy atom. The van der Waals surface area contributed by atoms with Gasteiger partial charge < -0.3 is 14.6 Å². The fraction of sp³-hybridized carbons (Fsp3) is 0.143. The zero-order valence-corrected chi connectivity index (χ0v) is 17.8. The van der Waals surface area contributed by atoms with Gasteiger partial charge in [-0.1, -0.05) is 12.1 Å². The molecule has 1 atom stereocenters. The molecule has 0 aliphatic carbocycles. The van der Waals surface area contributed by atoms with E-state index in [1.165, 1.54) is 0 Å². The fourth-order valence-electron chi connectivity index (χ4n) is 3.01. The van der Waals surface area contributed by atoms with Crippen LogP contribution in [0.3, 0.4) is 0 Å². The average Bonchev–Trinajstić information content (AvgIpc) is 3.35. The fourth-order valence-corrected chi connectivity index (χ4v) is 4.55. The van der Waals surface area contributed by atoms with Crippen molar-refractivity contribution < 1.29 is 14.0 Å². The van der Waals surface area contributed by atoms with Crippen LogP contribution in [-0.4, -0.2) is 22.5 Å². The van der Waals surface area contributed by atoms with Gasteiger partial charge in [0.2, 0.25) is 5.91 Å². The summed E-state index contributed by atoms with van der Waals surface area (Å²) in [7, 11) is 0. The maximum atomic E-state index is 12.5. The van der Waals surface area contributed by atoms with Gasteiger partial charge in [-0.3, -0.25) is 9.59 Å². The number of hydrogen-bond donors (Lipinski definition) is 1. The molecule has 28 heavy (non-hydrogen) atoms. The predicted octanol–water partition coefficient (Wildman–Crippen LogP) is 4.91. The zero-order valence-electron chi connectivity index (χ0n) is 14.8. The summed E-state index contributed by atoms with van der Waals surface area (Å²) >= 11 is 3.81. The molecule has 2 aromatic carbocycles. The molecule has 1 N–H and O–H groups in total. The SMILES string of the molecule is O=C(Nc1ccc(I)cc1)c1ccc([C@H]2SCC(=O)N2Cc2ccco2)cc1. The van der Waals surface area contributed by atoms with E-state index in [1.807, 2.05) is 53.4 Å². The van der Waals surface area contributed by atoms with Crippen molar-refractivity contribution in [3.05, 3.63) is 87.4 Å². The standard InChI is InChI=1S/C21H17IN2O3S/c22-16-7-9-17(10-8-16)23-20(26)14-3-5-15(6-4-14)21-24(19(25)13-28-21)12-18-2-1-11-27-18/h1-11,21H,12-13H2,(H,23,26)/t21-/m1/s1. The number of nitrogens with zero attached hydrogens (tertiary/aromatic N) is 1. The Balaban J connectivity index is 1.46. The van der Waals surface area contributed by atoms with Gasteiger partial charge in [-0.05, 0) is 76.7 Å². The van der Waals surface area contributed by atoms with E-state index in [0.717, 1.165) is 20.6 Å². The number of anilines is 1. The molecule has 3 aromatic rings. The lowest BCUT2D eigenvalue weighted by Crippen LogP contribution is -2.27. The van der Waals surface area contributed by atoms with Crippen LogP contribution in [0.15, 0.2) is 71.3 Å². The number of rotatable bonds is 5. The maximum Gasteiger partial charge on any atom is 0.255 e. The van der Waals surface area contributed by atoms with Gasteiger partial charge in [0, 0.05) is 14.8 Å². The maximum absolute atomic E-state index is 12.5. The third-order valence-electron chi connectivity index (χ3n) is 4.43. The van der Waals surface area contributed by atoms with E-state index in [1.54, 1.807) is 30.2 Å². The second-order valence-electron chi connectivity index (χ2n) is 6.35. The van der Waals surface area contributed by atoms with E-state index in [4.69, 9.17) is 4.42 Å². The van der Waals surface area contributed by atoms with Crippen molar-refractivity contribution in [2.24, 2.45) is 0 Å². The van der Waals surface area contributed by atoms with E-state index in [0.29, 0.717) is 17.9 Å². The summed E-state index contributed by atoms with van der Waals surface area (Å²) in [5, 5.41) is 2.82. The molecule has 2 heterocycles. The second kappa shape index (κ2) is 8.40. The lowest BCUT2D eigenvalue weighted by atomic mass is 10.1. The molecule has 1 fully saturated rings. The Morgan fingerprint density at radius 2 is 1.89 bits per heavy atom. The van der Waals surface area contributed by atoms with Crippen molar-refractivity contribution in [2.45, 2.75) is 11.9 Å². The van der Waals surface area contributed by atoms with Gasteiger partial charge in [0.25, 0.3) is 5.91 Å². The van der Waals surface area contributed by atoms with Crippen LogP contribution >= 0.6 is 34.4 Å². The lowest BCUT2D eigenvalue weighted by Gasteiger charge is -2.23. The Labute approximate surface area is 180 Å². The smallest absolute Gasteiger partial charge is 0.255 e. The Bertz CT molecular complexity index is 972. The van der Waals surface area contributed by atoms with Crippen LogP contribution in [0.25, 0.3) is 0 Å². The number of amides is 2. The molecular formula is C21H17IN2O3S. The quantitative estimate of drug-likeness (QED) is 0.502. The highest BCUT2D eigenvalue weighted by atomic mass is 127. The van der Waals surface area contributed by atoms with Crippen LogP contribution in [0.4, 0.5) is 5.69 Å². The van der Waals surface area contributed by atoms with Crippen molar-refractivity contribution in [1.82, 2.24) is 4.90 Å². The Kier molecular flexibility index (Phi) is 5.72. The second-order valence-corrected chi connectivity index (χ2v) is 8.66. The van der Waals surface area contributed by atoms with Gasteiger partial charge in [0.15, 0.2) is 0 Å². The molecule has 2 amide bonds. The van der Waals surface area contributed by atoms with Gasteiger partial charge in [0.05, 0.1) is 18.6 Å². The Morgan fingerprint density at radius 3 is 2.57 bits per heavy atom. The van der Waals surface area contributed by atoms with Gasteiger partial charge in [-0.25, -0.2) is 0 Å². The number of benzene rings is 2. The number of halogens is 1. The van der Waals surface area contributed by atoms with E-state index in [9.17, 15) is 9.59 Å². The predicted molar refractivity (Wildman–Crippen MR) is 118 cm³/mol. The van der Waals surface area contributed by atoms with E-state index in [2.05, 4.69) is 27.9 Å². The van der Waals surface area contributed by atoms with Gasteiger partial charge in [-0.2, -0.15) is 0 Å². The highest BCUT2D eigenvalue weighted by Crippen LogP contribution is 2.39. The monoisotopic (exact) mass is 504 g/mol. The first kappa shape index (κ1) is 19.1. The molecule has 142 valence electrons. The summed E-state index contributed by atoms with van der Waals surface area (Å²) < 4.78 is 6.50. The van der Waals surface area contributed by atoms with Crippen molar-refractivity contribution in [3.63, 3.8) is 0 Å². The third kappa shape index (κ3) is 4.25. The molecule has 0 saturated carbocycles. The molecule has 0 spiro atoms. The molecule has 0 bridgehead atoms. The van der Waals surface area contributed by atoms with Gasteiger partial charge in [0.1, 0.15) is 11.1 Å². The molecule has 0 unspecified atom stereocenters. The molecule has 4 rings (SSSR count). The first-order valence-electron chi connectivity index (χ1n) is 8.70. The van der Waals surface area contributed by atoms with Crippen LogP contribution < -0.4 is 5.32 Å². The first-order valence-corrected chi connectivity index (χ1v) is 10.8. The normalized spacial score (nSPS) is 16.4. The molecule has 1 aliphatic rings. The summed E-state index contributed by atoms with van der Waals surface area (Å²) in [6, 6.07) is 18.7. The molecule has 1 aliphatic heterocycles. The number of furan rings is 1. The summed E-state index contributed by atoms with van der Waals surface area (Å²) in [6.45, 7) is 0.443. The highest BCUT2D eigenvalue weighted by Gasteiger charge is 2.33. The van der Waals surface area contributed by atoms with E-state index >= 15 is 0 Å². The number of carbonyl (C=O) groups is 2. The summed E-state index contributed by atoms with van der Waals surface area (Å²) in [4.78, 5) is 26.6. The van der Waals surface area contributed by atoms with Crippen LogP contribution in [0, 0.1) is 3.57 Å². The van der Waals surface area contributed by atoms with Crippen LogP contribution in [-0.2, 0) is 11.3 Å². The largest absolute Gasteiger partial charge is 0.467 e. The first-order chi connectivity index (χ1) is 13.6. The van der Waals surface area contributed by atoms with E-state index < -0.39 is 0 Å². The minimum Gasteiger partial charge on any atom is -0.467 e. The lowest BCUT2D eigenvalue weighted by molar-refractivity contribution is -0.128. The molecule has 5 nitrogen and oxygen atoms in total. The van der Waals surface area contributed by atoms with Crippen LogP contribution in [0.2, 0.25) is 0 Å². The minimum atomic E-state index is -0.157. The minimum absolute atomic E-state index is 0.0779. The highest BCUT2D eigenvalue weighted by molar-refractivity contribution is 14.1. The summed E-state index contributed by atoms with van der Waals surface area (Å²) in [6.07, 6.45) is 1.61. The van der Waals surface area contributed by atoms with Crippen LogP contribution in [0.5, 0.6) is 0 Å². The molecule has 7 heteroatoms. The molecule has 1 aromatic heterocycles. The zero-order chi connectivity index (χ0) is 19.5. The summed E-state index contributed by atoms with van der Waals surface area (Å²) in [5.74, 6) is 1.14. The van der Waals surface area contributed by atoms with Gasteiger partial charge in [-0.15, -0.1) is 11.8 Å². The third-order valence-corrected chi connectivity index (χ3v) is 6.41. The van der Waals surface area contributed by atoms with Crippen LogP contribution in [0.1, 0.15) is 27.1 Å². The number of hydrogen-bond acceptors (Lipinski definition) is 4. The number of nitrogens with one attached hydrogen (secondary N) is 1. The van der Waals surface area contributed by atoms with E-state index in [-0.39, 0.29) is 17.2 Å². The molecule has 0 radical (unpaired) electrons. The molecule has 1 saturated heterocycles. The van der Waals surface area contributed by atoms with Crippen molar-refractivity contribution >= 4 is 51.9 Å². The van der Waals surface area contributed by atoms with Crippen molar-refractivity contribution in [1.29, 1.82) is 0 Å². The average molecular weight is 504 g/mol. The van der Waals surface area contributed by atoms with Crippen molar-refractivity contribution in [3.8, 4) is 0 Å². The van der Waals surface area contributed by atoms with Gasteiger partial charge >= 0.3 is 0 Å². The number of carbonyl (C=O) groups excluding carboxylic acids is 2. The number of thioether (sulfide) groups is 1. The molecular weight excluding hydrogens is 487 g/mol. The Hall–Kier alpha value is -2.26.